The van der Waals surface area contributed by atoms with Crippen LogP contribution >= 0.6 is 15.9 Å². The Morgan fingerprint density at radius 1 is 1.24 bits per heavy atom. The quantitative estimate of drug-likeness (QED) is 0.572. The van der Waals surface area contributed by atoms with E-state index in [1.807, 2.05) is 0 Å². The summed E-state index contributed by atoms with van der Waals surface area (Å²) >= 11 is 3.40. The number of benzene rings is 2. The highest BCUT2D eigenvalue weighted by molar-refractivity contribution is 9.10. The van der Waals surface area contributed by atoms with E-state index in [9.17, 15) is 13.6 Å². The molecule has 152 valence electrons. The molecule has 0 heterocycles. The van der Waals surface area contributed by atoms with Gasteiger partial charge in [-0.2, -0.15) is 0 Å². The third-order valence-electron chi connectivity index (χ3n) is 3.68. The first-order valence-electron chi connectivity index (χ1n) is 8.77. The fourth-order valence-electron chi connectivity index (χ4n) is 2.42. The van der Waals surface area contributed by atoms with Gasteiger partial charge in [0, 0.05) is 24.7 Å². The first-order chi connectivity index (χ1) is 13.9. The van der Waals surface area contributed by atoms with Crippen LogP contribution in [0.5, 0.6) is 5.75 Å². The molecule has 0 fully saturated rings. The van der Waals surface area contributed by atoms with Crippen molar-refractivity contribution >= 4 is 21.9 Å². The van der Waals surface area contributed by atoms with Crippen molar-refractivity contribution < 1.29 is 28.2 Å². The number of hydrogen-bond donors (Lipinski definition) is 1. The van der Waals surface area contributed by atoms with Crippen molar-refractivity contribution in [2.45, 2.75) is 19.4 Å². The van der Waals surface area contributed by atoms with Gasteiger partial charge in [-0.15, -0.1) is 0 Å². The minimum atomic E-state index is -1.00. The van der Waals surface area contributed by atoms with Crippen molar-refractivity contribution in [3.63, 3.8) is 0 Å². The van der Waals surface area contributed by atoms with Gasteiger partial charge in [-0.3, -0.25) is 0 Å². The zero-order chi connectivity index (χ0) is 21.2. The summed E-state index contributed by atoms with van der Waals surface area (Å²) < 4.78 is 37.7. The van der Waals surface area contributed by atoms with Crippen molar-refractivity contribution in [3.8, 4) is 17.6 Å². The second-order valence-electron chi connectivity index (χ2n) is 5.89. The topological polar surface area (TPSA) is 55.8 Å². The molecule has 0 saturated carbocycles. The molecular formula is C22H19BrF2O4. The predicted molar refractivity (Wildman–Crippen MR) is 109 cm³/mol. The highest BCUT2D eigenvalue weighted by Crippen LogP contribution is 2.26. The van der Waals surface area contributed by atoms with Gasteiger partial charge in [-0.1, -0.05) is 17.9 Å². The molecule has 0 spiro atoms. The van der Waals surface area contributed by atoms with Gasteiger partial charge < -0.3 is 14.6 Å². The molecule has 0 amide bonds. The number of aliphatic carboxylic acids is 1. The van der Waals surface area contributed by atoms with Crippen LogP contribution in [0.2, 0.25) is 0 Å². The minimum Gasteiger partial charge on any atom is -0.488 e. The number of allylic oxidation sites excluding steroid dienone is 1. The first kappa shape index (κ1) is 22.6. The van der Waals surface area contributed by atoms with Crippen LogP contribution in [0.3, 0.4) is 0 Å². The zero-order valence-corrected chi connectivity index (χ0v) is 17.2. The summed E-state index contributed by atoms with van der Waals surface area (Å²) in [6.45, 7) is 2.31. The van der Waals surface area contributed by atoms with E-state index in [-0.39, 0.29) is 18.6 Å². The van der Waals surface area contributed by atoms with Gasteiger partial charge in [0.05, 0.1) is 4.47 Å². The Kier molecular flexibility index (Phi) is 8.84. The summed E-state index contributed by atoms with van der Waals surface area (Å²) in [4.78, 5) is 11.2. The number of halogens is 3. The summed E-state index contributed by atoms with van der Waals surface area (Å²) in [5, 5.41) is 9.16. The van der Waals surface area contributed by atoms with Gasteiger partial charge >= 0.3 is 5.97 Å². The molecule has 0 aliphatic carbocycles. The highest BCUT2D eigenvalue weighted by Gasteiger charge is 2.18. The smallest absolute Gasteiger partial charge is 0.333 e. The Hall–Kier alpha value is -2.69. The van der Waals surface area contributed by atoms with Crippen molar-refractivity contribution in [2.24, 2.45) is 0 Å². The normalized spacial score (nSPS) is 11.7. The number of carboxylic acid groups (broad SMARTS) is 1. The first-order valence-corrected chi connectivity index (χ1v) is 9.56. The second-order valence-corrected chi connectivity index (χ2v) is 6.75. The molecule has 1 atom stereocenters. The lowest BCUT2D eigenvalue weighted by Gasteiger charge is -2.13. The Balaban J connectivity index is 1.90. The van der Waals surface area contributed by atoms with Gasteiger partial charge in [0.15, 0.2) is 6.10 Å². The Morgan fingerprint density at radius 3 is 2.59 bits per heavy atom. The molecule has 2 aromatic carbocycles. The van der Waals surface area contributed by atoms with Crippen molar-refractivity contribution in [1.29, 1.82) is 0 Å². The number of carboxylic acids is 1. The van der Waals surface area contributed by atoms with Crippen LogP contribution in [0.4, 0.5) is 8.78 Å². The van der Waals surface area contributed by atoms with Gasteiger partial charge in [0.2, 0.25) is 0 Å². The number of carbonyl (C=O) groups is 1. The lowest BCUT2D eigenvalue weighted by Crippen LogP contribution is -2.26. The van der Waals surface area contributed by atoms with Gasteiger partial charge in [0.1, 0.15) is 24.0 Å². The van der Waals surface area contributed by atoms with Crippen LogP contribution in [-0.4, -0.2) is 30.4 Å². The molecule has 29 heavy (non-hydrogen) atoms. The van der Waals surface area contributed by atoms with Crippen LogP contribution in [0.1, 0.15) is 18.1 Å². The van der Waals surface area contributed by atoms with E-state index in [0.717, 1.165) is 23.8 Å². The molecule has 4 nitrogen and oxygen atoms in total. The molecule has 0 aromatic heterocycles. The third-order valence-corrected chi connectivity index (χ3v) is 4.30. The monoisotopic (exact) mass is 464 g/mol. The standard InChI is InChI=1S/C22H19BrF2O4/c1-2-28-21(22(26)27)13-16-7-8-20(19(23)12-16)29-9-5-3-4-6-15-10-17(24)14-18(25)11-15/h3,5,7-8,10-12,14,21H,2,9,13H2,1H3,(H,26,27)/b5-3-. The summed E-state index contributed by atoms with van der Waals surface area (Å²) in [7, 11) is 0. The van der Waals surface area contributed by atoms with Crippen LogP contribution in [0.15, 0.2) is 53.0 Å². The summed E-state index contributed by atoms with van der Waals surface area (Å²) in [6, 6.07) is 8.39. The van der Waals surface area contributed by atoms with Gasteiger partial charge in [-0.05, 0) is 64.8 Å². The van der Waals surface area contributed by atoms with Gasteiger partial charge in [0.25, 0.3) is 0 Å². The maximum Gasteiger partial charge on any atom is 0.333 e. The molecule has 0 aliphatic rings. The summed E-state index contributed by atoms with van der Waals surface area (Å²) in [6.07, 6.45) is 2.55. The molecule has 0 saturated heterocycles. The highest BCUT2D eigenvalue weighted by atomic mass is 79.9. The molecule has 2 rings (SSSR count). The van der Waals surface area contributed by atoms with Crippen molar-refractivity contribution in [1.82, 2.24) is 0 Å². The predicted octanol–water partition coefficient (Wildman–Crippen LogP) is 4.75. The van der Waals surface area contributed by atoms with E-state index in [1.165, 1.54) is 6.08 Å². The van der Waals surface area contributed by atoms with Crippen molar-refractivity contribution in [2.75, 3.05) is 13.2 Å². The number of rotatable bonds is 8. The molecule has 0 bridgehead atoms. The molecule has 7 heteroatoms. The summed E-state index contributed by atoms with van der Waals surface area (Å²) in [5.41, 5.74) is 1.05. The van der Waals surface area contributed by atoms with Crippen LogP contribution in [0, 0.1) is 23.5 Å². The average Bonchev–Trinajstić information content (AvgIpc) is 2.64. The Morgan fingerprint density at radius 2 is 1.97 bits per heavy atom. The largest absolute Gasteiger partial charge is 0.488 e. The molecule has 2 aromatic rings. The minimum absolute atomic E-state index is 0.237. The van der Waals surface area contributed by atoms with Crippen LogP contribution in [-0.2, 0) is 16.0 Å². The van der Waals surface area contributed by atoms with E-state index in [4.69, 9.17) is 14.6 Å². The zero-order valence-electron chi connectivity index (χ0n) is 15.6. The Labute approximate surface area is 176 Å². The van der Waals surface area contributed by atoms with E-state index < -0.39 is 23.7 Å². The maximum atomic E-state index is 13.1. The molecular weight excluding hydrogens is 446 g/mol. The van der Waals surface area contributed by atoms with Crippen molar-refractivity contribution in [3.05, 3.63) is 75.8 Å². The molecule has 1 unspecified atom stereocenters. The van der Waals surface area contributed by atoms with E-state index in [0.29, 0.717) is 16.8 Å². The summed E-state index contributed by atoms with van der Waals surface area (Å²) in [5.74, 6) is 3.56. The SMILES string of the molecule is CCOC(Cc1ccc(OC/C=C\C#Cc2cc(F)cc(F)c2)c(Br)c1)C(=O)O. The van der Waals surface area contributed by atoms with Crippen LogP contribution < -0.4 is 4.74 Å². The maximum absolute atomic E-state index is 13.1. The van der Waals surface area contributed by atoms with E-state index >= 15 is 0 Å². The average molecular weight is 465 g/mol. The second kappa shape index (κ2) is 11.3. The molecule has 1 N–H and O–H groups in total. The number of ether oxygens (including phenoxy) is 2. The van der Waals surface area contributed by atoms with Gasteiger partial charge in [-0.25, -0.2) is 13.6 Å². The third kappa shape index (κ3) is 7.68. The Bertz CT molecular complexity index is 927. The number of hydrogen-bond acceptors (Lipinski definition) is 3. The van der Waals surface area contributed by atoms with E-state index in [1.54, 1.807) is 31.2 Å². The molecule has 0 aliphatic heterocycles. The lowest BCUT2D eigenvalue weighted by atomic mass is 10.1. The van der Waals surface area contributed by atoms with Crippen LogP contribution in [0.25, 0.3) is 0 Å². The molecule has 0 radical (unpaired) electrons. The lowest BCUT2D eigenvalue weighted by molar-refractivity contribution is -0.149. The fourth-order valence-corrected chi connectivity index (χ4v) is 2.96. The fraction of sp³-hybridized carbons (Fsp3) is 0.227. The van der Waals surface area contributed by atoms with E-state index in [2.05, 4.69) is 27.8 Å².